The average Bonchev–Trinajstić information content (AvgIpc) is 2.77. The maximum atomic E-state index is 11.2. The molecular formula is C26H24O2S. The van der Waals surface area contributed by atoms with Crippen LogP contribution in [0.3, 0.4) is 0 Å². The summed E-state index contributed by atoms with van der Waals surface area (Å²) < 4.78 is 5.82. The molecule has 3 heteroatoms. The second-order valence-corrected chi connectivity index (χ2v) is 7.56. The van der Waals surface area contributed by atoms with E-state index in [0.717, 1.165) is 40.5 Å². The Bertz CT molecular complexity index is 1060. The second-order valence-electron chi connectivity index (χ2n) is 6.68. The summed E-state index contributed by atoms with van der Waals surface area (Å²) in [5.41, 5.74) is 2.01. The monoisotopic (exact) mass is 400 g/mol. The summed E-state index contributed by atoms with van der Waals surface area (Å²) in [5.74, 6) is 7.41. The molecule has 0 atom stereocenters. The highest BCUT2D eigenvalue weighted by molar-refractivity contribution is 7.98. The van der Waals surface area contributed by atoms with Crippen LogP contribution in [0.5, 0.6) is 5.75 Å². The first kappa shape index (κ1) is 20.8. The molecule has 0 aliphatic carbocycles. The van der Waals surface area contributed by atoms with Crippen molar-refractivity contribution in [1.82, 2.24) is 0 Å². The van der Waals surface area contributed by atoms with Gasteiger partial charge in [0.15, 0.2) is 5.78 Å². The first-order valence-corrected chi connectivity index (χ1v) is 10.9. The molecule has 0 radical (unpaired) electrons. The quantitative estimate of drug-likeness (QED) is 0.193. The molecule has 0 N–H and O–H groups in total. The van der Waals surface area contributed by atoms with Gasteiger partial charge < -0.3 is 4.74 Å². The number of rotatable bonds is 8. The van der Waals surface area contributed by atoms with Crippen molar-refractivity contribution in [3.63, 3.8) is 0 Å². The van der Waals surface area contributed by atoms with Crippen molar-refractivity contribution in [3.8, 4) is 17.6 Å². The van der Waals surface area contributed by atoms with Crippen molar-refractivity contribution in [3.05, 3.63) is 84.4 Å². The number of thioether (sulfide) groups is 1. The lowest BCUT2D eigenvalue weighted by atomic mass is 10.1. The maximum Gasteiger partial charge on any atom is 0.155 e. The Hall–Kier alpha value is -2.96. The van der Waals surface area contributed by atoms with Gasteiger partial charge >= 0.3 is 0 Å². The second kappa shape index (κ2) is 10.5. The summed E-state index contributed by atoms with van der Waals surface area (Å²) in [4.78, 5) is 12.4. The van der Waals surface area contributed by atoms with E-state index in [2.05, 4.69) is 67.1 Å². The summed E-state index contributed by atoms with van der Waals surface area (Å²) in [6, 6.07) is 20.6. The zero-order valence-corrected chi connectivity index (χ0v) is 17.4. The van der Waals surface area contributed by atoms with Gasteiger partial charge in [0.2, 0.25) is 0 Å². The zero-order chi connectivity index (χ0) is 20.5. The molecule has 3 rings (SSSR count). The highest BCUT2D eigenvalue weighted by atomic mass is 32.2. The van der Waals surface area contributed by atoms with Crippen molar-refractivity contribution in [2.45, 2.75) is 24.2 Å². The Morgan fingerprint density at radius 2 is 1.66 bits per heavy atom. The standard InChI is InChI=1S/C26H24O2S/c1-3-24(27)6-4-5-17-28-25-14-13-22-18-21(9-12-23(22)19-25)8-7-20-10-15-26(29-2)16-11-20/h3,9-16,18-19H,1,4-6,17H2,2H3. The fourth-order valence-electron chi connectivity index (χ4n) is 2.90. The third kappa shape index (κ3) is 6.27. The van der Waals surface area contributed by atoms with Gasteiger partial charge in [-0.15, -0.1) is 11.8 Å². The fourth-order valence-corrected chi connectivity index (χ4v) is 3.31. The van der Waals surface area contributed by atoms with Gasteiger partial charge in [0.1, 0.15) is 5.75 Å². The van der Waals surface area contributed by atoms with Crippen LogP contribution < -0.4 is 4.74 Å². The van der Waals surface area contributed by atoms with Crippen LogP contribution >= 0.6 is 11.8 Å². The smallest absolute Gasteiger partial charge is 0.155 e. The average molecular weight is 401 g/mol. The minimum Gasteiger partial charge on any atom is -0.494 e. The molecule has 0 aliphatic rings. The van der Waals surface area contributed by atoms with E-state index in [1.54, 1.807) is 11.8 Å². The highest BCUT2D eigenvalue weighted by Gasteiger charge is 2.00. The third-order valence-corrected chi connectivity index (χ3v) is 5.31. The summed E-state index contributed by atoms with van der Waals surface area (Å²) >= 11 is 1.73. The predicted octanol–water partition coefficient (Wildman–Crippen LogP) is 6.27. The number of ether oxygens (including phenoxy) is 1. The molecule has 0 bridgehead atoms. The van der Waals surface area contributed by atoms with E-state index < -0.39 is 0 Å². The molecule has 0 spiro atoms. The van der Waals surface area contributed by atoms with E-state index in [1.165, 1.54) is 11.0 Å². The molecule has 0 saturated heterocycles. The first-order valence-electron chi connectivity index (χ1n) is 9.66. The maximum absolute atomic E-state index is 11.2. The molecule has 29 heavy (non-hydrogen) atoms. The van der Waals surface area contributed by atoms with Gasteiger partial charge in [0.25, 0.3) is 0 Å². The van der Waals surface area contributed by atoms with E-state index in [-0.39, 0.29) is 5.78 Å². The minimum absolute atomic E-state index is 0.0894. The summed E-state index contributed by atoms with van der Waals surface area (Å²) in [7, 11) is 0. The van der Waals surface area contributed by atoms with E-state index in [4.69, 9.17) is 4.74 Å². The highest BCUT2D eigenvalue weighted by Crippen LogP contribution is 2.22. The van der Waals surface area contributed by atoms with Crippen molar-refractivity contribution >= 4 is 28.3 Å². The minimum atomic E-state index is 0.0894. The van der Waals surface area contributed by atoms with Crippen LogP contribution in [0.4, 0.5) is 0 Å². The summed E-state index contributed by atoms with van der Waals surface area (Å²) in [6.45, 7) is 4.09. The number of carbonyl (C=O) groups excluding carboxylic acids is 1. The lowest BCUT2D eigenvalue weighted by Gasteiger charge is -2.07. The molecule has 146 valence electrons. The number of hydrogen-bond donors (Lipinski definition) is 0. The molecule has 0 aromatic heterocycles. The van der Waals surface area contributed by atoms with E-state index in [0.29, 0.717) is 13.0 Å². The summed E-state index contributed by atoms with van der Waals surface area (Å²) in [5, 5.41) is 2.26. The van der Waals surface area contributed by atoms with Crippen molar-refractivity contribution in [2.75, 3.05) is 12.9 Å². The van der Waals surface area contributed by atoms with E-state index >= 15 is 0 Å². The number of allylic oxidation sites excluding steroid dienone is 1. The topological polar surface area (TPSA) is 26.3 Å². The summed E-state index contributed by atoms with van der Waals surface area (Å²) in [6.07, 6.45) is 5.66. The van der Waals surface area contributed by atoms with Gasteiger partial charge in [-0.05, 0) is 84.5 Å². The third-order valence-electron chi connectivity index (χ3n) is 4.57. The number of hydrogen-bond acceptors (Lipinski definition) is 3. The molecule has 0 heterocycles. The molecular weight excluding hydrogens is 376 g/mol. The number of unbranched alkanes of at least 4 members (excludes halogenated alkanes) is 1. The number of ketones is 1. The van der Waals surface area contributed by atoms with Crippen LogP contribution in [0.25, 0.3) is 10.8 Å². The largest absolute Gasteiger partial charge is 0.494 e. The van der Waals surface area contributed by atoms with Crippen LogP contribution in [0.15, 0.2) is 78.2 Å². The van der Waals surface area contributed by atoms with E-state index in [1.807, 2.05) is 18.2 Å². The fraction of sp³-hybridized carbons (Fsp3) is 0.192. The van der Waals surface area contributed by atoms with Crippen LogP contribution in [0.1, 0.15) is 30.4 Å². The lowest BCUT2D eigenvalue weighted by Crippen LogP contribution is -1.99. The molecule has 0 amide bonds. The Morgan fingerprint density at radius 1 is 0.966 bits per heavy atom. The van der Waals surface area contributed by atoms with Crippen molar-refractivity contribution in [2.24, 2.45) is 0 Å². The van der Waals surface area contributed by atoms with E-state index in [9.17, 15) is 4.79 Å². The molecule has 2 nitrogen and oxygen atoms in total. The molecule has 3 aromatic carbocycles. The Balaban J connectivity index is 1.61. The Labute approximate surface area is 177 Å². The Morgan fingerprint density at radius 3 is 2.41 bits per heavy atom. The van der Waals surface area contributed by atoms with Gasteiger partial charge in [-0.1, -0.05) is 30.6 Å². The number of carbonyl (C=O) groups is 1. The molecule has 3 aromatic rings. The normalized spacial score (nSPS) is 10.2. The van der Waals surface area contributed by atoms with Crippen LogP contribution in [0, 0.1) is 11.8 Å². The molecule has 0 unspecified atom stereocenters. The lowest BCUT2D eigenvalue weighted by molar-refractivity contribution is -0.114. The van der Waals surface area contributed by atoms with Gasteiger partial charge in [0.05, 0.1) is 6.61 Å². The predicted molar refractivity (Wildman–Crippen MR) is 123 cm³/mol. The molecule has 0 aliphatic heterocycles. The van der Waals surface area contributed by atoms with Crippen LogP contribution in [-0.4, -0.2) is 18.6 Å². The van der Waals surface area contributed by atoms with Gasteiger partial charge in [-0.25, -0.2) is 0 Å². The van der Waals surface area contributed by atoms with Gasteiger partial charge in [-0.2, -0.15) is 0 Å². The molecule has 0 fully saturated rings. The SMILES string of the molecule is C=CC(=O)CCCCOc1ccc2cc(C#Cc3ccc(SC)cc3)ccc2c1. The zero-order valence-electron chi connectivity index (χ0n) is 16.6. The van der Waals surface area contributed by atoms with Crippen LogP contribution in [-0.2, 0) is 4.79 Å². The van der Waals surface area contributed by atoms with Crippen molar-refractivity contribution < 1.29 is 9.53 Å². The number of benzene rings is 3. The van der Waals surface area contributed by atoms with Gasteiger partial charge in [-0.3, -0.25) is 4.79 Å². The van der Waals surface area contributed by atoms with Crippen molar-refractivity contribution in [1.29, 1.82) is 0 Å². The Kier molecular flexibility index (Phi) is 7.55. The first-order chi connectivity index (χ1) is 14.2. The number of fused-ring (bicyclic) bond motifs is 1. The van der Waals surface area contributed by atoms with Crippen LogP contribution in [0.2, 0.25) is 0 Å². The molecule has 0 saturated carbocycles. The van der Waals surface area contributed by atoms with Gasteiger partial charge in [0, 0.05) is 22.4 Å².